The zero-order valence-corrected chi connectivity index (χ0v) is 12.6. The van der Waals surface area contributed by atoms with Gasteiger partial charge in [-0.05, 0) is 30.5 Å². The number of anilines is 1. The second-order valence-electron chi connectivity index (χ2n) is 6.05. The molecule has 2 amide bonds. The fourth-order valence-electron chi connectivity index (χ4n) is 2.48. The predicted molar refractivity (Wildman–Crippen MR) is 79.3 cm³/mol. The van der Waals surface area contributed by atoms with Crippen molar-refractivity contribution in [2.75, 3.05) is 18.4 Å². The topological polar surface area (TPSA) is 49.4 Å². The highest BCUT2D eigenvalue weighted by Gasteiger charge is 2.34. The number of benzene rings is 1. The molecule has 0 saturated carbocycles. The standard InChI is InChI=1S/C16H21FN2O2/c1-10(2)8-19-9-12(6-15(19)20)16(21)18-13-5-4-11(3)14(17)7-13/h4-5,7,10,12H,6,8-9H2,1-3H3,(H,18,21). The molecular weight excluding hydrogens is 271 g/mol. The normalized spacial score (nSPS) is 18.4. The van der Waals surface area contributed by atoms with E-state index in [1.165, 1.54) is 6.07 Å². The van der Waals surface area contributed by atoms with Crippen LogP contribution in [0.1, 0.15) is 25.8 Å². The molecule has 1 unspecified atom stereocenters. The van der Waals surface area contributed by atoms with Crippen LogP contribution in [0.4, 0.5) is 10.1 Å². The van der Waals surface area contributed by atoms with Crippen LogP contribution in [-0.4, -0.2) is 29.8 Å². The number of amides is 2. The average molecular weight is 292 g/mol. The average Bonchev–Trinajstić information content (AvgIpc) is 2.75. The summed E-state index contributed by atoms with van der Waals surface area (Å²) in [6.07, 6.45) is 0.229. The number of nitrogens with zero attached hydrogens (tertiary/aromatic N) is 1. The maximum atomic E-state index is 13.5. The van der Waals surface area contributed by atoms with Gasteiger partial charge in [0.2, 0.25) is 11.8 Å². The van der Waals surface area contributed by atoms with Crippen molar-refractivity contribution in [3.63, 3.8) is 0 Å². The van der Waals surface area contributed by atoms with Gasteiger partial charge in [0.05, 0.1) is 5.92 Å². The fraction of sp³-hybridized carbons (Fsp3) is 0.500. The minimum absolute atomic E-state index is 0.0129. The number of carbonyl (C=O) groups excluding carboxylic acids is 2. The van der Waals surface area contributed by atoms with Crippen molar-refractivity contribution in [2.45, 2.75) is 27.2 Å². The molecular formula is C16H21FN2O2. The van der Waals surface area contributed by atoms with Crippen molar-refractivity contribution < 1.29 is 14.0 Å². The van der Waals surface area contributed by atoms with Crippen molar-refractivity contribution in [3.8, 4) is 0 Å². The van der Waals surface area contributed by atoms with E-state index in [1.54, 1.807) is 24.0 Å². The summed E-state index contributed by atoms with van der Waals surface area (Å²) < 4.78 is 13.5. The summed E-state index contributed by atoms with van der Waals surface area (Å²) in [6.45, 7) is 6.85. The van der Waals surface area contributed by atoms with E-state index >= 15 is 0 Å². The first-order chi connectivity index (χ1) is 9.86. The van der Waals surface area contributed by atoms with Crippen molar-refractivity contribution in [3.05, 3.63) is 29.6 Å². The third kappa shape index (κ3) is 3.80. The molecule has 0 aliphatic carbocycles. The lowest BCUT2D eigenvalue weighted by atomic mass is 10.1. The minimum Gasteiger partial charge on any atom is -0.342 e. The Morgan fingerprint density at radius 1 is 1.48 bits per heavy atom. The van der Waals surface area contributed by atoms with Crippen molar-refractivity contribution in [2.24, 2.45) is 11.8 Å². The lowest BCUT2D eigenvalue weighted by molar-refractivity contribution is -0.128. The zero-order valence-electron chi connectivity index (χ0n) is 12.6. The van der Waals surface area contributed by atoms with Gasteiger partial charge in [0.1, 0.15) is 5.82 Å². The Kier molecular flexibility index (Phi) is 4.60. The SMILES string of the molecule is Cc1ccc(NC(=O)C2CC(=O)N(CC(C)C)C2)cc1F. The summed E-state index contributed by atoms with van der Waals surface area (Å²) in [6, 6.07) is 4.59. The molecule has 0 radical (unpaired) electrons. The van der Waals surface area contributed by atoms with Crippen LogP contribution in [0, 0.1) is 24.6 Å². The molecule has 1 heterocycles. The van der Waals surface area contributed by atoms with Gasteiger partial charge in [-0.2, -0.15) is 0 Å². The lowest BCUT2D eigenvalue weighted by Gasteiger charge is -2.18. The van der Waals surface area contributed by atoms with Crippen LogP contribution in [-0.2, 0) is 9.59 Å². The van der Waals surface area contributed by atoms with E-state index < -0.39 is 0 Å². The number of likely N-dealkylation sites (tertiary alicyclic amines) is 1. The van der Waals surface area contributed by atoms with E-state index in [-0.39, 0.29) is 30.0 Å². The van der Waals surface area contributed by atoms with E-state index in [4.69, 9.17) is 0 Å². The summed E-state index contributed by atoms with van der Waals surface area (Å²) in [5.41, 5.74) is 0.963. The molecule has 1 N–H and O–H groups in total. The summed E-state index contributed by atoms with van der Waals surface area (Å²) in [7, 11) is 0. The van der Waals surface area contributed by atoms with Crippen LogP contribution in [0.5, 0.6) is 0 Å². The lowest BCUT2D eigenvalue weighted by Crippen LogP contribution is -2.31. The maximum absolute atomic E-state index is 13.5. The van der Waals surface area contributed by atoms with Gasteiger partial charge in [-0.1, -0.05) is 19.9 Å². The molecule has 1 aliphatic heterocycles. The van der Waals surface area contributed by atoms with Crippen LogP contribution in [0.15, 0.2) is 18.2 Å². The highest BCUT2D eigenvalue weighted by atomic mass is 19.1. The molecule has 1 aliphatic rings. The predicted octanol–water partition coefficient (Wildman–Crippen LogP) is 2.58. The van der Waals surface area contributed by atoms with Crippen molar-refractivity contribution >= 4 is 17.5 Å². The number of nitrogens with one attached hydrogen (secondary N) is 1. The molecule has 21 heavy (non-hydrogen) atoms. The number of carbonyl (C=O) groups is 2. The highest BCUT2D eigenvalue weighted by Crippen LogP contribution is 2.21. The number of hydrogen-bond donors (Lipinski definition) is 1. The van der Waals surface area contributed by atoms with Gasteiger partial charge in [-0.15, -0.1) is 0 Å². The highest BCUT2D eigenvalue weighted by molar-refractivity contribution is 5.97. The number of halogens is 1. The van der Waals surface area contributed by atoms with Gasteiger partial charge in [0.15, 0.2) is 0 Å². The number of rotatable bonds is 4. The first-order valence-corrected chi connectivity index (χ1v) is 7.21. The summed E-state index contributed by atoms with van der Waals surface area (Å²) >= 11 is 0. The van der Waals surface area contributed by atoms with Crippen molar-refractivity contribution in [1.29, 1.82) is 0 Å². The molecule has 5 heteroatoms. The molecule has 1 aromatic rings. The third-order valence-corrected chi connectivity index (χ3v) is 3.61. The Bertz CT molecular complexity index is 557. The molecule has 114 valence electrons. The smallest absolute Gasteiger partial charge is 0.229 e. The molecule has 1 atom stereocenters. The monoisotopic (exact) mass is 292 g/mol. The van der Waals surface area contributed by atoms with Gasteiger partial charge < -0.3 is 10.2 Å². The molecule has 4 nitrogen and oxygen atoms in total. The van der Waals surface area contributed by atoms with Gasteiger partial charge in [-0.3, -0.25) is 9.59 Å². The second-order valence-corrected chi connectivity index (χ2v) is 6.05. The zero-order chi connectivity index (χ0) is 15.6. The van der Waals surface area contributed by atoms with Crippen LogP contribution < -0.4 is 5.32 Å². The van der Waals surface area contributed by atoms with Crippen LogP contribution in [0.3, 0.4) is 0 Å². The van der Waals surface area contributed by atoms with Gasteiger partial charge in [0, 0.05) is 25.2 Å². The Hall–Kier alpha value is -1.91. The van der Waals surface area contributed by atoms with E-state index in [2.05, 4.69) is 5.32 Å². The fourth-order valence-corrected chi connectivity index (χ4v) is 2.48. The summed E-state index contributed by atoms with van der Waals surface area (Å²) in [5, 5.41) is 2.69. The molecule has 1 fully saturated rings. The first kappa shape index (κ1) is 15.5. The van der Waals surface area contributed by atoms with E-state index in [9.17, 15) is 14.0 Å². The van der Waals surface area contributed by atoms with Gasteiger partial charge >= 0.3 is 0 Å². The maximum Gasteiger partial charge on any atom is 0.229 e. The molecule has 2 rings (SSSR count). The van der Waals surface area contributed by atoms with Crippen LogP contribution in [0.25, 0.3) is 0 Å². The third-order valence-electron chi connectivity index (χ3n) is 3.61. The first-order valence-electron chi connectivity index (χ1n) is 7.21. The number of aryl methyl sites for hydroxylation is 1. The summed E-state index contributed by atoms with van der Waals surface area (Å²) in [4.78, 5) is 25.8. The van der Waals surface area contributed by atoms with Crippen LogP contribution >= 0.6 is 0 Å². The minimum atomic E-state index is -0.361. The number of hydrogen-bond acceptors (Lipinski definition) is 2. The van der Waals surface area contributed by atoms with E-state index in [0.717, 1.165) is 0 Å². The van der Waals surface area contributed by atoms with Crippen molar-refractivity contribution in [1.82, 2.24) is 4.90 Å². The Morgan fingerprint density at radius 2 is 2.19 bits per heavy atom. The Labute approximate surface area is 124 Å². The van der Waals surface area contributed by atoms with Gasteiger partial charge in [-0.25, -0.2) is 4.39 Å². The molecule has 1 aromatic carbocycles. The second kappa shape index (κ2) is 6.24. The van der Waals surface area contributed by atoms with Crippen LogP contribution in [0.2, 0.25) is 0 Å². The largest absolute Gasteiger partial charge is 0.342 e. The van der Waals surface area contributed by atoms with E-state index in [0.29, 0.717) is 30.3 Å². The van der Waals surface area contributed by atoms with E-state index in [1.807, 2.05) is 13.8 Å². The molecule has 0 aromatic heterocycles. The quantitative estimate of drug-likeness (QED) is 0.927. The summed E-state index contributed by atoms with van der Waals surface area (Å²) in [5.74, 6) is -0.545. The Balaban J connectivity index is 1.98. The Morgan fingerprint density at radius 3 is 2.81 bits per heavy atom. The molecule has 0 spiro atoms. The molecule has 0 bridgehead atoms. The molecule has 1 saturated heterocycles. The van der Waals surface area contributed by atoms with Gasteiger partial charge in [0.25, 0.3) is 0 Å².